The molecule has 0 aromatic carbocycles. The first-order valence-electron chi connectivity index (χ1n) is 7.65. The van der Waals surface area contributed by atoms with Crippen molar-refractivity contribution in [1.82, 2.24) is 15.1 Å². The Labute approximate surface area is 114 Å². The summed E-state index contributed by atoms with van der Waals surface area (Å²) in [6.07, 6.45) is 5.50. The maximum atomic E-state index is 11.5. The topological polar surface area (TPSA) is 55.8 Å². The number of amides is 2. The van der Waals surface area contributed by atoms with Gasteiger partial charge >= 0.3 is 6.03 Å². The largest absolute Gasteiger partial charge is 0.390 e. The predicted octanol–water partition coefficient (Wildman–Crippen LogP) is 0.639. The highest BCUT2D eigenvalue weighted by atomic mass is 16.3. The van der Waals surface area contributed by atoms with Crippen molar-refractivity contribution in [2.75, 3.05) is 39.3 Å². The van der Waals surface area contributed by atoms with Crippen LogP contribution in [-0.2, 0) is 0 Å². The maximum absolute atomic E-state index is 11.5. The number of aliphatic hydroxyl groups is 1. The number of carbonyl (C=O) groups excluding carboxylic acids is 1. The minimum atomic E-state index is -0.389. The van der Waals surface area contributed by atoms with Gasteiger partial charge in [0.05, 0.1) is 5.60 Å². The fourth-order valence-electron chi connectivity index (χ4n) is 3.83. The van der Waals surface area contributed by atoms with Crippen molar-refractivity contribution in [3.05, 3.63) is 0 Å². The molecule has 0 aromatic rings. The number of rotatable bonds is 3. The molecular formula is C14H25N3O2. The summed E-state index contributed by atoms with van der Waals surface area (Å²) in [6.45, 7) is 5.35. The van der Waals surface area contributed by atoms with Gasteiger partial charge in [0, 0.05) is 45.2 Å². The molecule has 3 aliphatic rings. The smallest absolute Gasteiger partial charge is 0.317 e. The van der Waals surface area contributed by atoms with Crippen LogP contribution >= 0.6 is 0 Å². The molecule has 3 rings (SSSR count). The fraction of sp³-hybridized carbons (Fsp3) is 0.929. The Bertz CT molecular complexity index is 350. The number of carbonyl (C=O) groups is 1. The Morgan fingerprint density at radius 1 is 1.26 bits per heavy atom. The van der Waals surface area contributed by atoms with Crippen LogP contribution in [0.4, 0.5) is 4.79 Å². The van der Waals surface area contributed by atoms with Crippen molar-refractivity contribution in [3.63, 3.8) is 0 Å². The normalized spacial score (nSPS) is 36.2. The van der Waals surface area contributed by atoms with Crippen LogP contribution in [0.15, 0.2) is 0 Å². The van der Waals surface area contributed by atoms with E-state index in [1.165, 1.54) is 12.8 Å². The SMILES string of the molecule is O=C1NCCN1CCN1CCC2(O)CCCCC2C1. The van der Waals surface area contributed by atoms with Crippen molar-refractivity contribution in [2.45, 2.75) is 37.7 Å². The number of likely N-dealkylation sites (tertiary alicyclic amines) is 1. The van der Waals surface area contributed by atoms with Crippen LogP contribution in [0.3, 0.4) is 0 Å². The fourth-order valence-corrected chi connectivity index (χ4v) is 3.83. The van der Waals surface area contributed by atoms with Gasteiger partial charge in [-0.15, -0.1) is 0 Å². The van der Waals surface area contributed by atoms with Gasteiger partial charge in [-0.1, -0.05) is 12.8 Å². The molecule has 2 aliphatic heterocycles. The molecule has 2 heterocycles. The van der Waals surface area contributed by atoms with Crippen molar-refractivity contribution in [2.24, 2.45) is 5.92 Å². The van der Waals surface area contributed by atoms with E-state index in [0.717, 1.165) is 58.5 Å². The summed E-state index contributed by atoms with van der Waals surface area (Å²) in [5.74, 6) is 0.447. The van der Waals surface area contributed by atoms with Gasteiger partial charge in [-0.3, -0.25) is 0 Å². The molecule has 0 aromatic heterocycles. The van der Waals surface area contributed by atoms with Crippen LogP contribution in [0, 0.1) is 5.92 Å². The molecule has 1 saturated carbocycles. The summed E-state index contributed by atoms with van der Waals surface area (Å²) in [5.41, 5.74) is -0.389. The van der Waals surface area contributed by atoms with E-state index in [4.69, 9.17) is 0 Å². The number of hydrogen-bond acceptors (Lipinski definition) is 3. The molecule has 5 nitrogen and oxygen atoms in total. The van der Waals surface area contributed by atoms with Crippen LogP contribution in [0.2, 0.25) is 0 Å². The number of urea groups is 1. The highest BCUT2D eigenvalue weighted by molar-refractivity contribution is 5.76. The third-order valence-corrected chi connectivity index (χ3v) is 5.14. The highest BCUT2D eigenvalue weighted by Crippen LogP contribution is 2.39. The molecule has 0 bridgehead atoms. The zero-order valence-electron chi connectivity index (χ0n) is 11.6. The third-order valence-electron chi connectivity index (χ3n) is 5.14. The molecule has 0 radical (unpaired) electrons. The second-order valence-corrected chi connectivity index (χ2v) is 6.32. The van der Waals surface area contributed by atoms with Crippen LogP contribution < -0.4 is 5.32 Å². The summed E-state index contributed by atoms with van der Waals surface area (Å²) < 4.78 is 0. The maximum Gasteiger partial charge on any atom is 0.317 e. The lowest BCUT2D eigenvalue weighted by Crippen LogP contribution is -2.54. The molecular weight excluding hydrogens is 242 g/mol. The Kier molecular flexibility index (Phi) is 3.67. The monoisotopic (exact) mass is 267 g/mol. The first-order chi connectivity index (χ1) is 9.17. The van der Waals surface area contributed by atoms with Crippen LogP contribution in [-0.4, -0.2) is 65.8 Å². The van der Waals surface area contributed by atoms with Gasteiger partial charge in [-0.25, -0.2) is 4.79 Å². The zero-order chi connectivity index (χ0) is 13.3. The van der Waals surface area contributed by atoms with Crippen LogP contribution in [0.1, 0.15) is 32.1 Å². The van der Waals surface area contributed by atoms with Gasteiger partial charge in [0.25, 0.3) is 0 Å². The summed E-state index contributed by atoms with van der Waals surface area (Å²) in [7, 11) is 0. The molecule has 2 N–H and O–H groups in total. The summed E-state index contributed by atoms with van der Waals surface area (Å²) in [5, 5.41) is 13.5. The van der Waals surface area contributed by atoms with Gasteiger partial charge in [-0.05, 0) is 19.3 Å². The highest BCUT2D eigenvalue weighted by Gasteiger charge is 2.42. The lowest BCUT2D eigenvalue weighted by molar-refractivity contribution is -0.0955. The molecule has 108 valence electrons. The lowest BCUT2D eigenvalue weighted by Gasteiger charge is -2.47. The van der Waals surface area contributed by atoms with Crippen molar-refractivity contribution in [3.8, 4) is 0 Å². The number of nitrogens with zero attached hydrogens (tertiary/aromatic N) is 2. The first kappa shape index (κ1) is 13.2. The van der Waals surface area contributed by atoms with E-state index in [1.807, 2.05) is 4.90 Å². The van der Waals surface area contributed by atoms with Gasteiger partial charge in [0.15, 0.2) is 0 Å². The van der Waals surface area contributed by atoms with E-state index >= 15 is 0 Å². The number of nitrogens with one attached hydrogen (secondary N) is 1. The van der Waals surface area contributed by atoms with Gasteiger partial charge in [0.1, 0.15) is 0 Å². The third kappa shape index (κ3) is 2.72. The summed E-state index contributed by atoms with van der Waals surface area (Å²) >= 11 is 0. The standard InChI is InChI=1S/C14H25N3O2/c18-13-15-6-8-17(13)10-9-16-7-5-14(19)4-2-1-3-12(14)11-16/h12,19H,1-11H2,(H,15,18). The zero-order valence-corrected chi connectivity index (χ0v) is 11.6. The second kappa shape index (κ2) is 5.29. The second-order valence-electron chi connectivity index (χ2n) is 6.32. The van der Waals surface area contributed by atoms with E-state index in [-0.39, 0.29) is 11.6 Å². The van der Waals surface area contributed by atoms with Crippen LogP contribution in [0.5, 0.6) is 0 Å². The Balaban J connectivity index is 1.49. The molecule has 2 amide bonds. The van der Waals surface area contributed by atoms with E-state index in [9.17, 15) is 9.90 Å². The van der Waals surface area contributed by atoms with Gasteiger partial charge in [0.2, 0.25) is 0 Å². The van der Waals surface area contributed by atoms with Gasteiger partial charge in [-0.2, -0.15) is 0 Å². The van der Waals surface area contributed by atoms with E-state index in [2.05, 4.69) is 10.2 Å². The molecule has 2 atom stereocenters. The summed E-state index contributed by atoms with van der Waals surface area (Å²) in [4.78, 5) is 15.8. The van der Waals surface area contributed by atoms with Crippen molar-refractivity contribution < 1.29 is 9.90 Å². The molecule has 19 heavy (non-hydrogen) atoms. The van der Waals surface area contributed by atoms with E-state index in [0.29, 0.717) is 5.92 Å². The number of fused-ring (bicyclic) bond motifs is 1. The van der Waals surface area contributed by atoms with Crippen LogP contribution in [0.25, 0.3) is 0 Å². The molecule has 5 heteroatoms. The molecule has 3 fully saturated rings. The van der Waals surface area contributed by atoms with Crippen molar-refractivity contribution in [1.29, 1.82) is 0 Å². The molecule has 1 aliphatic carbocycles. The number of piperidine rings is 1. The predicted molar refractivity (Wildman–Crippen MR) is 72.9 cm³/mol. The average Bonchev–Trinajstić information content (AvgIpc) is 2.81. The quantitative estimate of drug-likeness (QED) is 0.789. The minimum Gasteiger partial charge on any atom is -0.390 e. The molecule has 0 spiro atoms. The van der Waals surface area contributed by atoms with E-state index < -0.39 is 0 Å². The Morgan fingerprint density at radius 2 is 2.16 bits per heavy atom. The molecule has 2 saturated heterocycles. The van der Waals surface area contributed by atoms with Crippen molar-refractivity contribution >= 4 is 6.03 Å². The summed E-state index contributed by atoms with van der Waals surface area (Å²) in [6, 6.07) is 0.0752. The molecule has 2 unspecified atom stereocenters. The number of hydrogen-bond donors (Lipinski definition) is 2. The first-order valence-corrected chi connectivity index (χ1v) is 7.65. The Hall–Kier alpha value is -0.810. The minimum absolute atomic E-state index is 0.0752. The Morgan fingerprint density at radius 3 is 2.95 bits per heavy atom. The van der Waals surface area contributed by atoms with Gasteiger partial charge < -0.3 is 20.2 Å². The van der Waals surface area contributed by atoms with E-state index in [1.54, 1.807) is 0 Å². The average molecular weight is 267 g/mol. The lowest BCUT2D eigenvalue weighted by atomic mass is 9.71.